The van der Waals surface area contributed by atoms with Gasteiger partial charge >= 0.3 is 5.82 Å². The number of phenols is 3. The van der Waals surface area contributed by atoms with E-state index in [1.165, 1.54) is 10.7 Å². The number of benzene rings is 1. The summed E-state index contributed by atoms with van der Waals surface area (Å²) in [5.41, 5.74) is 3.06. The molecule has 0 aliphatic heterocycles. The van der Waals surface area contributed by atoms with Crippen molar-refractivity contribution in [3.8, 4) is 17.2 Å². The summed E-state index contributed by atoms with van der Waals surface area (Å²) in [5.74, 6) is -3.04. The van der Waals surface area contributed by atoms with Crippen LogP contribution in [0.15, 0.2) is 23.3 Å². The van der Waals surface area contributed by atoms with Crippen molar-refractivity contribution in [2.45, 2.75) is 20.4 Å². The fraction of sp³-hybridized carbons (Fsp3) is 0.214. The second-order valence-electron chi connectivity index (χ2n) is 5.21. The lowest BCUT2D eigenvalue weighted by molar-refractivity contribution is -0.389. The van der Waals surface area contributed by atoms with Crippen molar-refractivity contribution in [3.05, 3.63) is 39.6 Å². The summed E-state index contributed by atoms with van der Waals surface area (Å²) in [6.07, 6.45) is 0. The molecule has 2 aromatic rings. The van der Waals surface area contributed by atoms with Crippen molar-refractivity contribution in [2.24, 2.45) is 5.10 Å². The standard InChI is InChI=1S/C14H15N5O6/c1-7(6-18-8(2)3-12(17-18)19(24)25)15-16-14(23)9-4-10(20)13(22)11(21)5-9/h3-5,20-22H,6H2,1-2H3,(H,16,23)/b15-7-. The minimum Gasteiger partial charge on any atom is -0.504 e. The lowest BCUT2D eigenvalue weighted by atomic mass is 10.2. The van der Waals surface area contributed by atoms with Crippen LogP contribution >= 0.6 is 0 Å². The van der Waals surface area contributed by atoms with E-state index in [-0.39, 0.29) is 17.9 Å². The Balaban J connectivity index is 2.08. The molecule has 0 saturated heterocycles. The van der Waals surface area contributed by atoms with Gasteiger partial charge < -0.3 is 25.4 Å². The molecule has 0 aliphatic rings. The van der Waals surface area contributed by atoms with Crippen molar-refractivity contribution in [1.82, 2.24) is 15.2 Å². The van der Waals surface area contributed by atoms with Crippen LogP contribution in [0.3, 0.4) is 0 Å². The topological polar surface area (TPSA) is 163 Å². The zero-order valence-corrected chi connectivity index (χ0v) is 13.3. The average molecular weight is 349 g/mol. The highest BCUT2D eigenvalue weighted by atomic mass is 16.6. The highest BCUT2D eigenvalue weighted by molar-refractivity contribution is 5.96. The minimum absolute atomic E-state index is 0.116. The van der Waals surface area contributed by atoms with Gasteiger partial charge in [0.1, 0.15) is 6.54 Å². The highest BCUT2D eigenvalue weighted by Gasteiger charge is 2.16. The van der Waals surface area contributed by atoms with Crippen LogP contribution < -0.4 is 5.43 Å². The Bertz CT molecular complexity index is 850. The van der Waals surface area contributed by atoms with Crippen LogP contribution in [-0.4, -0.2) is 41.6 Å². The average Bonchev–Trinajstić information content (AvgIpc) is 2.91. The molecule has 25 heavy (non-hydrogen) atoms. The second-order valence-corrected chi connectivity index (χ2v) is 5.21. The number of carbonyl (C=O) groups excluding carboxylic acids is 1. The number of hydrogen-bond donors (Lipinski definition) is 4. The van der Waals surface area contributed by atoms with Gasteiger partial charge in [-0.25, -0.2) is 5.43 Å². The first-order valence-electron chi connectivity index (χ1n) is 6.96. The number of aromatic hydroxyl groups is 3. The van der Waals surface area contributed by atoms with Crippen LogP contribution in [0.4, 0.5) is 5.82 Å². The van der Waals surface area contributed by atoms with E-state index in [0.717, 1.165) is 12.1 Å². The Labute approximate surface area is 141 Å². The van der Waals surface area contributed by atoms with E-state index >= 15 is 0 Å². The smallest absolute Gasteiger partial charge is 0.390 e. The highest BCUT2D eigenvalue weighted by Crippen LogP contribution is 2.35. The van der Waals surface area contributed by atoms with Gasteiger partial charge in [0.25, 0.3) is 5.91 Å². The molecule has 1 amide bonds. The molecule has 0 unspecified atom stereocenters. The van der Waals surface area contributed by atoms with E-state index in [2.05, 4.69) is 15.6 Å². The summed E-state index contributed by atoms with van der Waals surface area (Å²) in [7, 11) is 0. The van der Waals surface area contributed by atoms with E-state index in [1.807, 2.05) is 0 Å². The number of hydrazone groups is 1. The zero-order chi connectivity index (χ0) is 18.7. The first kappa shape index (κ1) is 17.7. The zero-order valence-electron chi connectivity index (χ0n) is 13.3. The fourth-order valence-electron chi connectivity index (χ4n) is 1.94. The van der Waals surface area contributed by atoms with E-state index in [9.17, 15) is 30.2 Å². The molecular formula is C14H15N5O6. The van der Waals surface area contributed by atoms with Gasteiger partial charge in [0.2, 0.25) is 0 Å². The number of aromatic nitrogens is 2. The quantitative estimate of drug-likeness (QED) is 0.271. The summed E-state index contributed by atoms with van der Waals surface area (Å²) >= 11 is 0. The molecule has 0 atom stereocenters. The summed E-state index contributed by atoms with van der Waals surface area (Å²) in [6.45, 7) is 3.35. The van der Waals surface area contributed by atoms with Gasteiger partial charge in [0.15, 0.2) is 17.2 Å². The summed E-state index contributed by atoms with van der Waals surface area (Å²) < 4.78 is 1.36. The molecular weight excluding hydrogens is 334 g/mol. The number of carbonyl (C=O) groups is 1. The fourth-order valence-corrected chi connectivity index (χ4v) is 1.94. The summed E-state index contributed by atoms with van der Waals surface area (Å²) in [5, 5.41) is 46.3. The van der Waals surface area contributed by atoms with Crippen molar-refractivity contribution in [3.63, 3.8) is 0 Å². The molecule has 1 aromatic carbocycles. The van der Waals surface area contributed by atoms with Crippen LogP contribution in [0.25, 0.3) is 0 Å². The molecule has 0 saturated carbocycles. The van der Waals surface area contributed by atoms with Crippen LogP contribution in [-0.2, 0) is 6.54 Å². The third kappa shape index (κ3) is 4.02. The van der Waals surface area contributed by atoms with E-state index in [0.29, 0.717) is 11.4 Å². The Kier molecular flexibility index (Phi) is 4.86. The number of rotatable bonds is 5. The Morgan fingerprint density at radius 2 is 1.92 bits per heavy atom. The van der Waals surface area contributed by atoms with E-state index in [1.54, 1.807) is 13.8 Å². The first-order valence-corrected chi connectivity index (χ1v) is 6.96. The normalized spacial score (nSPS) is 11.4. The molecule has 2 rings (SSSR count). The molecule has 0 spiro atoms. The predicted molar refractivity (Wildman–Crippen MR) is 85.6 cm³/mol. The molecule has 11 heteroatoms. The van der Waals surface area contributed by atoms with E-state index in [4.69, 9.17) is 0 Å². The van der Waals surface area contributed by atoms with Crippen molar-refractivity contribution in [2.75, 3.05) is 0 Å². The second kappa shape index (κ2) is 6.86. The maximum Gasteiger partial charge on any atom is 0.390 e. The Morgan fingerprint density at radius 1 is 1.32 bits per heavy atom. The Hall–Kier alpha value is -3.63. The number of nitro groups is 1. The molecule has 11 nitrogen and oxygen atoms in total. The van der Waals surface area contributed by atoms with Gasteiger partial charge in [-0.2, -0.15) is 9.78 Å². The van der Waals surface area contributed by atoms with Crippen molar-refractivity contribution >= 4 is 17.4 Å². The van der Waals surface area contributed by atoms with Crippen molar-refractivity contribution < 1.29 is 25.0 Å². The van der Waals surface area contributed by atoms with Crippen LogP contribution in [0.5, 0.6) is 17.2 Å². The minimum atomic E-state index is -0.730. The predicted octanol–water partition coefficient (Wildman–Crippen LogP) is 1.02. The Morgan fingerprint density at radius 3 is 2.44 bits per heavy atom. The van der Waals surface area contributed by atoms with Crippen LogP contribution in [0, 0.1) is 17.0 Å². The molecule has 4 N–H and O–H groups in total. The van der Waals surface area contributed by atoms with Crippen LogP contribution in [0.2, 0.25) is 0 Å². The third-order valence-corrected chi connectivity index (χ3v) is 3.21. The molecule has 132 valence electrons. The van der Waals surface area contributed by atoms with Gasteiger partial charge in [-0.15, -0.1) is 0 Å². The molecule has 0 aliphatic carbocycles. The molecule has 1 heterocycles. The van der Waals surface area contributed by atoms with Gasteiger partial charge in [-0.3, -0.25) is 4.79 Å². The molecule has 1 aromatic heterocycles. The SMILES string of the molecule is C/C(Cn1nc([N+](=O)[O-])cc1C)=N/NC(=O)c1cc(O)c(O)c(O)c1. The van der Waals surface area contributed by atoms with Gasteiger partial charge in [0, 0.05) is 5.56 Å². The van der Waals surface area contributed by atoms with Gasteiger partial charge in [0.05, 0.1) is 22.6 Å². The van der Waals surface area contributed by atoms with E-state index < -0.39 is 28.1 Å². The lowest BCUT2D eigenvalue weighted by Gasteiger charge is -2.05. The number of amides is 1. The van der Waals surface area contributed by atoms with Gasteiger partial charge in [-0.1, -0.05) is 0 Å². The monoisotopic (exact) mass is 349 g/mol. The van der Waals surface area contributed by atoms with Crippen molar-refractivity contribution in [1.29, 1.82) is 0 Å². The molecule has 0 radical (unpaired) electrons. The molecule has 0 fully saturated rings. The number of hydrogen-bond acceptors (Lipinski definition) is 8. The summed E-state index contributed by atoms with van der Waals surface area (Å²) in [6, 6.07) is 3.25. The largest absolute Gasteiger partial charge is 0.504 e. The third-order valence-electron chi connectivity index (χ3n) is 3.21. The maximum atomic E-state index is 11.9. The summed E-state index contributed by atoms with van der Waals surface area (Å²) in [4.78, 5) is 22.0. The maximum absolute atomic E-state index is 11.9. The number of nitrogens with one attached hydrogen (secondary N) is 1. The van der Waals surface area contributed by atoms with Gasteiger partial charge in [-0.05, 0) is 30.9 Å². The molecule has 0 bridgehead atoms. The van der Waals surface area contributed by atoms with Crippen LogP contribution in [0.1, 0.15) is 23.0 Å². The number of aryl methyl sites for hydroxylation is 1. The number of phenolic OH excluding ortho intramolecular Hbond substituents is 3. The lowest BCUT2D eigenvalue weighted by Crippen LogP contribution is -2.21. The first-order chi connectivity index (χ1) is 11.7. The number of nitrogens with zero attached hydrogens (tertiary/aromatic N) is 4.